The fraction of sp³-hybridized carbons (Fsp3) is 0.458. The van der Waals surface area contributed by atoms with Crippen LogP contribution in [0.4, 0.5) is 0 Å². The molecule has 0 aromatic carbocycles. The summed E-state index contributed by atoms with van der Waals surface area (Å²) in [4.78, 5) is 15.7. The normalized spacial score (nSPS) is 17.2. The Morgan fingerprint density at radius 3 is 2.26 bits per heavy atom. The lowest BCUT2D eigenvalue weighted by Gasteiger charge is -2.41. The fourth-order valence-corrected chi connectivity index (χ4v) is 3.43. The zero-order chi connectivity index (χ0) is 24.0. The van der Waals surface area contributed by atoms with Gasteiger partial charge in [-0.1, -0.05) is 60.5 Å². The first-order valence-corrected chi connectivity index (χ1v) is 11.3. The summed E-state index contributed by atoms with van der Waals surface area (Å²) in [6, 6.07) is 0. The van der Waals surface area contributed by atoms with Crippen molar-refractivity contribution in [1.82, 2.24) is 9.80 Å². The van der Waals surface area contributed by atoms with E-state index in [9.17, 15) is 4.79 Å². The van der Waals surface area contributed by atoms with E-state index in [0.29, 0.717) is 39.6 Å². The number of nitrogens with two attached hydrogens (primary N) is 1. The molecule has 0 spiro atoms. The van der Waals surface area contributed by atoms with Crippen LogP contribution in [0.2, 0.25) is 0 Å². The summed E-state index contributed by atoms with van der Waals surface area (Å²) in [6.45, 7) is 13.7. The summed E-state index contributed by atoms with van der Waals surface area (Å²) in [6.07, 6.45) is 13.0. The van der Waals surface area contributed by atoms with Gasteiger partial charge in [0, 0.05) is 35.4 Å². The van der Waals surface area contributed by atoms with Gasteiger partial charge in [-0.2, -0.15) is 0 Å². The van der Waals surface area contributed by atoms with Crippen LogP contribution >= 0.6 is 34.8 Å². The number of hydrogen-bond acceptors (Lipinski definition) is 4. The number of aldehydes is 1. The van der Waals surface area contributed by atoms with Crippen LogP contribution in [-0.2, 0) is 4.79 Å². The third-order valence-corrected chi connectivity index (χ3v) is 5.85. The maximum absolute atomic E-state index is 11.4. The second-order valence-electron chi connectivity index (χ2n) is 6.93. The fourth-order valence-electron chi connectivity index (χ4n) is 2.92. The number of nitrogens with zero attached hydrogens (tertiary/aromatic N) is 2. The lowest BCUT2D eigenvalue weighted by Crippen LogP contribution is -2.44. The SMILES string of the molecule is C#CC.C=C(/C(Cl)=C\C(Cl)=C/C)N1CCCN(/C(CC(C=O)CC)=C(N)/C(Cl)=C\C)C1. The van der Waals surface area contributed by atoms with Gasteiger partial charge in [-0.05, 0) is 46.1 Å². The summed E-state index contributed by atoms with van der Waals surface area (Å²) < 4.78 is 0. The van der Waals surface area contributed by atoms with Gasteiger partial charge in [0.15, 0.2) is 0 Å². The second-order valence-corrected chi connectivity index (χ2v) is 8.18. The van der Waals surface area contributed by atoms with E-state index in [1.165, 1.54) is 0 Å². The first-order valence-electron chi connectivity index (χ1n) is 10.2. The standard InChI is InChI=1S/C21H30Cl3N3O.C3H4/c1-5-16(13-28)11-20(21(25)18(23)7-3)27-10-8-9-26(14-27)15(4)19(24)12-17(22)6-2;1-3-2/h6-7,12-13,16H,4-5,8-11,14,25H2,1-3H3;1H,2H3/b17-6+,18-7+,19-12+,21-20-;. The number of allylic oxidation sites excluding steroid dienone is 7. The van der Waals surface area contributed by atoms with Crippen LogP contribution in [0.3, 0.4) is 0 Å². The number of hydrogen-bond donors (Lipinski definition) is 1. The molecule has 1 rings (SSSR count). The van der Waals surface area contributed by atoms with Gasteiger partial charge < -0.3 is 20.3 Å². The number of carbonyl (C=O) groups excluding carboxylic acids is 1. The summed E-state index contributed by atoms with van der Waals surface area (Å²) in [7, 11) is 0. The van der Waals surface area contributed by atoms with E-state index >= 15 is 0 Å². The molecule has 7 heteroatoms. The van der Waals surface area contributed by atoms with Crippen molar-refractivity contribution < 1.29 is 4.79 Å². The number of terminal acetylenes is 1. The Morgan fingerprint density at radius 2 is 1.77 bits per heavy atom. The molecule has 1 heterocycles. The first kappa shape index (κ1) is 29.2. The number of halogens is 3. The molecule has 1 aliphatic heterocycles. The van der Waals surface area contributed by atoms with Gasteiger partial charge in [0.05, 0.1) is 22.4 Å². The van der Waals surface area contributed by atoms with Gasteiger partial charge in [0.25, 0.3) is 0 Å². The van der Waals surface area contributed by atoms with Crippen LogP contribution in [0, 0.1) is 18.3 Å². The van der Waals surface area contributed by atoms with Crippen molar-refractivity contribution in [3.63, 3.8) is 0 Å². The highest BCUT2D eigenvalue weighted by Gasteiger charge is 2.25. The van der Waals surface area contributed by atoms with Crippen LogP contribution in [0.15, 0.2) is 57.0 Å². The average Bonchev–Trinajstić information content (AvgIpc) is 2.78. The molecular weight excluding hydrogens is 453 g/mol. The molecule has 0 aromatic rings. The summed E-state index contributed by atoms with van der Waals surface area (Å²) in [5, 5.41) is 1.54. The van der Waals surface area contributed by atoms with Crippen molar-refractivity contribution in [3.05, 3.63) is 57.0 Å². The Hall–Kier alpha value is -1.80. The van der Waals surface area contributed by atoms with Gasteiger partial charge in [-0.25, -0.2) is 0 Å². The topological polar surface area (TPSA) is 49.6 Å². The smallest absolute Gasteiger partial charge is 0.123 e. The molecule has 2 N–H and O–H groups in total. The third kappa shape index (κ3) is 9.91. The molecule has 0 saturated carbocycles. The maximum Gasteiger partial charge on any atom is 0.123 e. The molecule has 1 saturated heterocycles. The molecule has 0 aromatic heterocycles. The highest BCUT2D eigenvalue weighted by atomic mass is 35.5. The second kappa shape index (κ2) is 15.9. The molecule has 172 valence electrons. The molecule has 1 unspecified atom stereocenters. The van der Waals surface area contributed by atoms with Crippen molar-refractivity contribution in [1.29, 1.82) is 0 Å². The summed E-state index contributed by atoms with van der Waals surface area (Å²) in [5.74, 6) is 2.14. The van der Waals surface area contributed by atoms with Crippen LogP contribution in [0.1, 0.15) is 47.0 Å². The average molecular weight is 487 g/mol. The zero-order valence-corrected chi connectivity index (χ0v) is 21.2. The number of rotatable bonds is 9. The Morgan fingerprint density at radius 1 is 1.19 bits per heavy atom. The van der Waals surface area contributed by atoms with E-state index < -0.39 is 0 Å². The van der Waals surface area contributed by atoms with Gasteiger partial charge in [0.1, 0.15) is 6.29 Å². The third-order valence-electron chi connectivity index (χ3n) is 4.77. The Balaban J connectivity index is 0.00000282. The molecule has 4 nitrogen and oxygen atoms in total. The molecule has 1 atom stereocenters. The lowest BCUT2D eigenvalue weighted by molar-refractivity contribution is -0.111. The van der Waals surface area contributed by atoms with Gasteiger partial charge in [-0.15, -0.1) is 12.3 Å². The minimum atomic E-state index is -0.106. The number of carbonyl (C=O) groups is 1. The molecule has 0 bridgehead atoms. The lowest BCUT2D eigenvalue weighted by atomic mass is 9.99. The summed E-state index contributed by atoms with van der Waals surface area (Å²) in [5.41, 5.74) is 8.43. The van der Waals surface area contributed by atoms with Gasteiger partial charge in [-0.3, -0.25) is 0 Å². The van der Waals surface area contributed by atoms with Crippen LogP contribution < -0.4 is 5.73 Å². The molecule has 0 amide bonds. The quantitative estimate of drug-likeness (QED) is 0.236. The maximum atomic E-state index is 11.4. The van der Waals surface area contributed by atoms with Crippen molar-refractivity contribution in [2.24, 2.45) is 11.7 Å². The van der Waals surface area contributed by atoms with Crippen molar-refractivity contribution >= 4 is 41.1 Å². The van der Waals surface area contributed by atoms with Crippen molar-refractivity contribution in [3.8, 4) is 12.3 Å². The first-order chi connectivity index (χ1) is 14.7. The predicted molar refractivity (Wildman–Crippen MR) is 135 cm³/mol. The Kier molecular flexibility index (Phi) is 15.0. The monoisotopic (exact) mass is 485 g/mol. The minimum Gasteiger partial charge on any atom is -0.396 e. The van der Waals surface area contributed by atoms with Gasteiger partial charge in [0.2, 0.25) is 0 Å². The Bertz CT molecular complexity index is 775. The summed E-state index contributed by atoms with van der Waals surface area (Å²) >= 11 is 18.8. The molecule has 0 radical (unpaired) electrons. The molecule has 1 fully saturated rings. The molecule has 31 heavy (non-hydrogen) atoms. The predicted octanol–water partition coefficient (Wildman–Crippen LogP) is 6.30. The van der Waals surface area contributed by atoms with E-state index in [0.717, 1.165) is 37.9 Å². The van der Waals surface area contributed by atoms with Gasteiger partial charge >= 0.3 is 0 Å². The Labute approximate surface area is 203 Å². The van der Waals surface area contributed by atoms with Crippen molar-refractivity contribution in [2.45, 2.75) is 47.0 Å². The van der Waals surface area contributed by atoms with Crippen LogP contribution in [0.25, 0.3) is 0 Å². The van der Waals surface area contributed by atoms with E-state index in [2.05, 4.69) is 28.7 Å². The van der Waals surface area contributed by atoms with Crippen molar-refractivity contribution in [2.75, 3.05) is 19.8 Å². The van der Waals surface area contributed by atoms with Crippen LogP contribution in [0.5, 0.6) is 0 Å². The largest absolute Gasteiger partial charge is 0.396 e. The van der Waals surface area contributed by atoms with E-state index in [4.69, 9.17) is 40.5 Å². The zero-order valence-electron chi connectivity index (χ0n) is 18.9. The highest BCUT2D eigenvalue weighted by Crippen LogP contribution is 2.29. The van der Waals surface area contributed by atoms with E-state index in [-0.39, 0.29) is 5.92 Å². The van der Waals surface area contributed by atoms with E-state index in [1.54, 1.807) is 25.2 Å². The molecule has 0 aliphatic carbocycles. The molecule has 1 aliphatic rings. The highest BCUT2D eigenvalue weighted by molar-refractivity contribution is 6.35. The van der Waals surface area contributed by atoms with Crippen LogP contribution in [-0.4, -0.2) is 35.8 Å². The van der Waals surface area contributed by atoms with E-state index in [1.807, 2.05) is 20.8 Å². The minimum absolute atomic E-state index is 0.106. The molecular formula is C24H34Cl3N3O.